The number of nitrogens with zero attached hydrogens (tertiary/aromatic N) is 2. The Morgan fingerprint density at radius 2 is 1.75 bits per heavy atom. The molecule has 2 heterocycles. The molecule has 32 heavy (non-hydrogen) atoms. The standard InChI is InChI=1S/C25H27N5O2/c1-30(2)22(13-18-9-10-26-23(31)14-18)16-27-25-28-21(15-24(32)29-25)12-17-7-8-19-5-3-4-6-20(19)11-17/h3-11,14-15,22H,12-13,16H2,1-2H3,(H,26,31)(H2,27,28,29,32). The van der Waals surface area contributed by atoms with Crippen LogP contribution in [0.15, 0.2) is 76.4 Å². The molecule has 0 fully saturated rings. The first-order chi connectivity index (χ1) is 15.5. The smallest absolute Gasteiger partial charge is 0.252 e. The Labute approximate surface area is 186 Å². The molecule has 0 aliphatic rings. The van der Waals surface area contributed by atoms with Gasteiger partial charge in [-0.3, -0.25) is 14.6 Å². The van der Waals surface area contributed by atoms with Crippen molar-refractivity contribution < 1.29 is 0 Å². The lowest BCUT2D eigenvalue weighted by Crippen LogP contribution is -2.37. The topological polar surface area (TPSA) is 93.9 Å². The molecule has 0 aliphatic heterocycles. The zero-order chi connectivity index (χ0) is 22.5. The Morgan fingerprint density at radius 3 is 2.53 bits per heavy atom. The molecule has 164 valence electrons. The molecule has 2 aromatic heterocycles. The molecule has 0 amide bonds. The highest BCUT2D eigenvalue weighted by atomic mass is 16.1. The van der Waals surface area contributed by atoms with Crippen molar-refractivity contribution in [2.75, 3.05) is 26.0 Å². The van der Waals surface area contributed by atoms with Gasteiger partial charge in [0.25, 0.3) is 5.56 Å². The Hall–Kier alpha value is -3.71. The first-order valence-corrected chi connectivity index (χ1v) is 10.6. The van der Waals surface area contributed by atoms with Gasteiger partial charge in [0.15, 0.2) is 0 Å². The van der Waals surface area contributed by atoms with Crippen LogP contribution in [0.5, 0.6) is 0 Å². The highest BCUT2D eigenvalue weighted by Gasteiger charge is 2.13. The fourth-order valence-electron chi connectivity index (χ4n) is 3.78. The second-order valence-electron chi connectivity index (χ2n) is 8.21. The van der Waals surface area contributed by atoms with Crippen molar-refractivity contribution in [3.63, 3.8) is 0 Å². The van der Waals surface area contributed by atoms with Crippen molar-refractivity contribution in [1.29, 1.82) is 0 Å². The maximum absolute atomic E-state index is 12.2. The van der Waals surface area contributed by atoms with E-state index in [9.17, 15) is 9.59 Å². The van der Waals surface area contributed by atoms with Gasteiger partial charge in [-0.2, -0.15) is 0 Å². The minimum atomic E-state index is -0.186. The quantitative estimate of drug-likeness (QED) is 0.400. The number of aromatic nitrogens is 3. The van der Waals surface area contributed by atoms with Crippen LogP contribution >= 0.6 is 0 Å². The summed E-state index contributed by atoms with van der Waals surface area (Å²) in [6.45, 7) is 0.572. The van der Waals surface area contributed by atoms with E-state index in [0.29, 0.717) is 31.0 Å². The molecule has 0 saturated heterocycles. The van der Waals surface area contributed by atoms with E-state index in [1.165, 1.54) is 10.8 Å². The van der Waals surface area contributed by atoms with Crippen LogP contribution in [0.25, 0.3) is 10.8 Å². The van der Waals surface area contributed by atoms with Crippen molar-refractivity contribution in [3.8, 4) is 0 Å². The summed E-state index contributed by atoms with van der Waals surface area (Å²) in [6.07, 6.45) is 2.94. The molecule has 0 bridgehead atoms. The largest absolute Gasteiger partial charge is 0.354 e. The van der Waals surface area contributed by atoms with Crippen LogP contribution in [0, 0.1) is 0 Å². The molecule has 1 unspecified atom stereocenters. The van der Waals surface area contributed by atoms with Crippen LogP contribution in [-0.4, -0.2) is 46.5 Å². The third-order valence-electron chi connectivity index (χ3n) is 5.54. The normalized spacial score (nSPS) is 12.2. The van der Waals surface area contributed by atoms with E-state index in [-0.39, 0.29) is 17.2 Å². The second-order valence-corrected chi connectivity index (χ2v) is 8.21. The summed E-state index contributed by atoms with van der Waals surface area (Å²) >= 11 is 0. The molecular weight excluding hydrogens is 402 g/mol. The fourth-order valence-corrected chi connectivity index (χ4v) is 3.78. The van der Waals surface area contributed by atoms with Crippen LogP contribution < -0.4 is 16.4 Å². The van der Waals surface area contributed by atoms with Gasteiger partial charge in [-0.1, -0.05) is 42.5 Å². The number of hydrogen-bond acceptors (Lipinski definition) is 5. The van der Waals surface area contributed by atoms with Gasteiger partial charge < -0.3 is 15.2 Å². The molecule has 0 saturated carbocycles. The summed E-state index contributed by atoms with van der Waals surface area (Å²) in [7, 11) is 3.98. The zero-order valence-electron chi connectivity index (χ0n) is 18.3. The molecule has 0 radical (unpaired) electrons. The van der Waals surface area contributed by atoms with Crippen molar-refractivity contribution in [3.05, 3.63) is 104 Å². The van der Waals surface area contributed by atoms with Crippen molar-refractivity contribution in [2.24, 2.45) is 0 Å². The van der Waals surface area contributed by atoms with E-state index in [0.717, 1.165) is 11.1 Å². The van der Waals surface area contributed by atoms with Crippen LogP contribution in [0.2, 0.25) is 0 Å². The number of rotatable bonds is 8. The van der Waals surface area contributed by atoms with Gasteiger partial charge in [-0.15, -0.1) is 0 Å². The fraction of sp³-hybridized carbons (Fsp3) is 0.240. The van der Waals surface area contributed by atoms with E-state index in [4.69, 9.17) is 0 Å². The average molecular weight is 430 g/mol. The first-order valence-electron chi connectivity index (χ1n) is 10.6. The highest BCUT2D eigenvalue weighted by Crippen LogP contribution is 2.17. The van der Waals surface area contributed by atoms with E-state index < -0.39 is 0 Å². The lowest BCUT2D eigenvalue weighted by Gasteiger charge is -2.24. The number of likely N-dealkylation sites (N-methyl/N-ethyl adjacent to an activating group) is 1. The summed E-state index contributed by atoms with van der Waals surface area (Å²) in [5, 5.41) is 5.62. The number of hydrogen-bond donors (Lipinski definition) is 3. The third-order valence-corrected chi connectivity index (χ3v) is 5.54. The Balaban J connectivity index is 1.47. The Morgan fingerprint density at radius 1 is 0.938 bits per heavy atom. The minimum absolute atomic E-state index is 0.111. The minimum Gasteiger partial charge on any atom is -0.354 e. The van der Waals surface area contributed by atoms with Gasteiger partial charge in [0.1, 0.15) is 0 Å². The summed E-state index contributed by atoms with van der Waals surface area (Å²) in [4.78, 5) is 35.9. The van der Waals surface area contributed by atoms with Gasteiger partial charge in [0, 0.05) is 37.3 Å². The number of anilines is 1. The van der Waals surface area contributed by atoms with Crippen molar-refractivity contribution in [1.82, 2.24) is 19.9 Å². The molecule has 2 aromatic carbocycles. The van der Waals surface area contributed by atoms with Crippen LogP contribution in [0.3, 0.4) is 0 Å². The van der Waals surface area contributed by atoms with Gasteiger partial charge in [-0.25, -0.2) is 4.98 Å². The van der Waals surface area contributed by atoms with E-state index in [2.05, 4.69) is 55.5 Å². The summed E-state index contributed by atoms with van der Waals surface area (Å²) in [5.41, 5.74) is 2.48. The second kappa shape index (κ2) is 9.62. The van der Waals surface area contributed by atoms with Gasteiger partial charge in [0.2, 0.25) is 11.5 Å². The lowest BCUT2D eigenvalue weighted by molar-refractivity contribution is 0.303. The number of benzene rings is 2. The number of H-pyrrole nitrogens is 2. The van der Waals surface area contributed by atoms with Crippen LogP contribution in [0.4, 0.5) is 5.95 Å². The summed E-state index contributed by atoms with van der Waals surface area (Å²) < 4.78 is 0. The van der Waals surface area contributed by atoms with E-state index in [1.807, 2.05) is 32.3 Å². The Kier molecular flexibility index (Phi) is 6.47. The predicted molar refractivity (Wildman–Crippen MR) is 128 cm³/mol. The lowest BCUT2D eigenvalue weighted by atomic mass is 10.0. The average Bonchev–Trinajstić information content (AvgIpc) is 2.76. The van der Waals surface area contributed by atoms with E-state index in [1.54, 1.807) is 18.3 Å². The number of pyridine rings is 1. The maximum Gasteiger partial charge on any atom is 0.252 e. The zero-order valence-corrected chi connectivity index (χ0v) is 18.3. The number of nitrogens with one attached hydrogen (secondary N) is 3. The number of fused-ring (bicyclic) bond motifs is 1. The first kappa shape index (κ1) is 21.5. The molecule has 1 atom stereocenters. The van der Waals surface area contributed by atoms with Crippen molar-refractivity contribution >= 4 is 16.7 Å². The Bertz CT molecular complexity index is 1330. The van der Waals surface area contributed by atoms with Crippen LogP contribution in [0.1, 0.15) is 16.8 Å². The monoisotopic (exact) mass is 429 g/mol. The summed E-state index contributed by atoms with van der Waals surface area (Å²) in [6, 6.07) is 19.7. The molecular formula is C25H27N5O2. The van der Waals surface area contributed by atoms with Crippen LogP contribution in [-0.2, 0) is 12.8 Å². The van der Waals surface area contributed by atoms with E-state index >= 15 is 0 Å². The van der Waals surface area contributed by atoms with Gasteiger partial charge in [-0.05, 0) is 48.5 Å². The number of aromatic amines is 2. The predicted octanol–water partition coefficient (Wildman–Crippen LogP) is 2.79. The van der Waals surface area contributed by atoms with Crippen molar-refractivity contribution in [2.45, 2.75) is 18.9 Å². The SMILES string of the molecule is CN(C)C(CNc1nc(Cc2ccc3ccccc3c2)cc(=O)[nH]1)Cc1cc[nH]c(=O)c1. The molecule has 7 heteroatoms. The molecule has 3 N–H and O–H groups in total. The molecule has 0 spiro atoms. The van der Waals surface area contributed by atoms with Gasteiger partial charge >= 0.3 is 0 Å². The molecule has 0 aliphatic carbocycles. The maximum atomic E-state index is 12.2. The third kappa shape index (κ3) is 5.50. The molecule has 4 rings (SSSR count). The molecule has 7 nitrogen and oxygen atoms in total. The summed E-state index contributed by atoms with van der Waals surface area (Å²) in [5.74, 6) is 0.450. The molecule has 4 aromatic rings. The van der Waals surface area contributed by atoms with Gasteiger partial charge in [0.05, 0.1) is 5.69 Å². The highest BCUT2D eigenvalue weighted by molar-refractivity contribution is 5.83.